The minimum Gasteiger partial charge on any atom is -0.377 e. The molecular weight excluding hydrogens is 324 g/mol. The Morgan fingerprint density at radius 2 is 2.30 bits per heavy atom. The van der Waals surface area contributed by atoms with Crippen LogP contribution in [-0.4, -0.2) is 30.7 Å². The van der Waals surface area contributed by atoms with Gasteiger partial charge in [-0.1, -0.05) is 15.9 Å². The molecule has 1 atom stereocenters. The summed E-state index contributed by atoms with van der Waals surface area (Å²) in [5.41, 5.74) is 1.75. The van der Waals surface area contributed by atoms with Crippen LogP contribution in [0.5, 0.6) is 0 Å². The number of rotatable bonds is 4. The molecule has 0 aromatic heterocycles. The van der Waals surface area contributed by atoms with Crippen LogP contribution in [0.1, 0.15) is 25.3 Å². The molecule has 1 aliphatic rings. The minimum absolute atomic E-state index is 0.144. The van der Waals surface area contributed by atoms with E-state index < -0.39 is 0 Å². The zero-order chi connectivity index (χ0) is 14.8. The van der Waals surface area contributed by atoms with Gasteiger partial charge in [0.05, 0.1) is 10.5 Å². The van der Waals surface area contributed by atoms with Gasteiger partial charge in [-0.15, -0.1) is 0 Å². The Morgan fingerprint density at radius 1 is 1.55 bits per heavy atom. The maximum absolute atomic E-state index is 11.0. The van der Waals surface area contributed by atoms with Crippen LogP contribution in [0.25, 0.3) is 0 Å². The van der Waals surface area contributed by atoms with E-state index in [0.29, 0.717) is 10.9 Å². The summed E-state index contributed by atoms with van der Waals surface area (Å²) in [6.07, 6.45) is 2.10. The second-order valence-electron chi connectivity index (χ2n) is 5.38. The number of anilines is 1. The molecule has 1 unspecified atom stereocenters. The first kappa shape index (κ1) is 15.3. The second-order valence-corrected chi connectivity index (χ2v) is 5.94. The Labute approximate surface area is 127 Å². The van der Waals surface area contributed by atoms with Crippen LogP contribution in [0.15, 0.2) is 18.2 Å². The Balaban J connectivity index is 2.27. The predicted molar refractivity (Wildman–Crippen MR) is 82.6 cm³/mol. The van der Waals surface area contributed by atoms with E-state index in [2.05, 4.69) is 27.8 Å². The molecule has 0 saturated carbocycles. The number of alkyl halides is 1. The fourth-order valence-electron chi connectivity index (χ4n) is 2.65. The largest absolute Gasteiger partial charge is 0.377 e. The van der Waals surface area contributed by atoms with Crippen molar-refractivity contribution < 1.29 is 9.66 Å². The van der Waals surface area contributed by atoms with Gasteiger partial charge in [-0.2, -0.15) is 0 Å². The van der Waals surface area contributed by atoms with E-state index in [9.17, 15) is 10.1 Å². The van der Waals surface area contributed by atoms with Crippen molar-refractivity contribution in [2.45, 2.75) is 30.7 Å². The van der Waals surface area contributed by atoms with Crippen molar-refractivity contribution in [1.29, 1.82) is 0 Å². The monoisotopic (exact) mass is 342 g/mol. The fraction of sp³-hybridized carbons (Fsp3) is 0.571. The summed E-state index contributed by atoms with van der Waals surface area (Å²) >= 11 is 3.32. The summed E-state index contributed by atoms with van der Waals surface area (Å²) in [7, 11) is 1.74. The lowest BCUT2D eigenvalue weighted by Crippen LogP contribution is -2.47. The number of methoxy groups -OCH3 is 1. The van der Waals surface area contributed by atoms with Crippen molar-refractivity contribution in [3.05, 3.63) is 33.9 Å². The smallest absolute Gasteiger partial charge is 0.273 e. The Kier molecular flexibility index (Phi) is 4.65. The normalized spacial score (nSPS) is 22.9. The number of ether oxygens (including phenoxy) is 1. The zero-order valence-corrected chi connectivity index (χ0v) is 13.4. The van der Waals surface area contributed by atoms with Gasteiger partial charge < -0.3 is 9.64 Å². The summed E-state index contributed by atoms with van der Waals surface area (Å²) < 4.78 is 5.59. The number of nitro benzene ring substituents is 1. The third kappa shape index (κ3) is 3.12. The second kappa shape index (κ2) is 6.10. The summed E-state index contributed by atoms with van der Waals surface area (Å²) in [6, 6.07) is 5.31. The zero-order valence-electron chi connectivity index (χ0n) is 11.8. The van der Waals surface area contributed by atoms with Crippen LogP contribution in [0.2, 0.25) is 0 Å². The third-order valence-electron chi connectivity index (χ3n) is 3.92. The van der Waals surface area contributed by atoms with E-state index in [1.165, 1.54) is 0 Å². The summed E-state index contributed by atoms with van der Waals surface area (Å²) in [4.78, 5) is 12.9. The van der Waals surface area contributed by atoms with E-state index in [1.54, 1.807) is 13.2 Å². The quantitative estimate of drug-likeness (QED) is 0.477. The third-order valence-corrected chi connectivity index (χ3v) is 4.52. The molecular formula is C14H19BrN2O3. The Bertz CT molecular complexity index is 509. The van der Waals surface area contributed by atoms with E-state index in [4.69, 9.17) is 4.74 Å². The topological polar surface area (TPSA) is 55.6 Å². The lowest BCUT2D eigenvalue weighted by Gasteiger charge is -2.40. The molecule has 1 heterocycles. The highest BCUT2D eigenvalue weighted by Gasteiger charge is 2.31. The van der Waals surface area contributed by atoms with E-state index in [0.717, 1.165) is 31.6 Å². The van der Waals surface area contributed by atoms with Gasteiger partial charge in [0, 0.05) is 42.8 Å². The van der Waals surface area contributed by atoms with Gasteiger partial charge in [-0.25, -0.2) is 0 Å². The van der Waals surface area contributed by atoms with Crippen LogP contribution in [-0.2, 0) is 10.1 Å². The van der Waals surface area contributed by atoms with Gasteiger partial charge in [0.1, 0.15) is 0 Å². The molecule has 1 aliphatic heterocycles. The van der Waals surface area contributed by atoms with E-state index in [1.807, 2.05) is 12.1 Å². The maximum atomic E-state index is 11.0. The molecule has 5 nitrogen and oxygen atoms in total. The maximum Gasteiger partial charge on any atom is 0.273 e. The van der Waals surface area contributed by atoms with Crippen LogP contribution >= 0.6 is 15.9 Å². The molecule has 0 spiro atoms. The number of nitrogens with zero attached hydrogens (tertiary/aromatic N) is 2. The molecule has 1 fully saturated rings. The SMILES string of the molecule is COC1(C)CCCN(c2ccc([N+](=O)[O-])c(CBr)c2)C1. The first-order chi connectivity index (χ1) is 9.49. The van der Waals surface area contributed by atoms with E-state index >= 15 is 0 Å². The highest BCUT2D eigenvalue weighted by molar-refractivity contribution is 9.08. The van der Waals surface area contributed by atoms with E-state index in [-0.39, 0.29) is 16.2 Å². The van der Waals surface area contributed by atoms with Crippen molar-refractivity contribution in [2.24, 2.45) is 0 Å². The molecule has 20 heavy (non-hydrogen) atoms. The van der Waals surface area contributed by atoms with Crippen LogP contribution in [0.3, 0.4) is 0 Å². The first-order valence-electron chi connectivity index (χ1n) is 6.62. The van der Waals surface area contributed by atoms with Crippen molar-refractivity contribution >= 4 is 27.3 Å². The molecule has 0 N–H and O–H groups in total. The Morgan fingerprint density at radius 3 is 2.90 bits per heavy atom. The van der Waals surface area contributed by atoms with Crippen LogP contribution < -0.4 is 4.90 Å². The van der Waals surface area contributed by atoms with Crippen LogP contribution in [0.4, 0.5) is 11.4 Å². The van der Waals surface area contributed by atoms with Crippen molar-refractivity contribution in [1.82, 2.24) is 0 Å². The lowest BCUT2D eigenvalue weighted by atomic mass is 9.94. The molecule has 0 radical (unpaired) electrons. The molecule has 0 amide bonds. The molecule has 110 valence electrons. The summed E-state index contributed by atoms with van der Waals surface area (Å²) in [5, 5.41) is 11.4. The van der Waals surface area contributed by atoms with Gasteiger partial charge in [-0.05, 0) is 31.9 Å². The minimum atomic E-state index is -0.337. The molecule has 0 bridgehead atoms. The standard InChI is InChI=1S/C14H19BrN2O3/c1-14(20-2)6-3-7-16(10-14)12-4-5-13(17(18)19)11(8-12)9-15/h4-5,8H,3,6-7,9-10H2,1-2H3. The highest BCUT2D eigenvalue weighted by Crippen LogP contribution is 2.31. The predicted octanol–water partition coefficient (Wildman–Crippen LogP) is 3.50. The fourth-order valence-corrected chi connectivity index (χ4v) is 3.10. The van der Waals surface area contributed by atoms with Gasteiger partial charge in [0.25, 0.3) is 5.69 Å². The Hall–Kier alpha value is -1.14. The van der Waals surface area contributed by atoms with Crippen LogP contribution in [0, 0.1) is 10.1 Å². The molecule has 1 saturated heterocycles. The molecule has 1 aromatic carbocycles. The number of benzene rings is 1. The number of hydrogen-bond acceptors (Lipinski definition) is 4. The van der Waals surface area contributed by atoms with Gasteiger partial charge in [0.2, 0.25) is 0 Å². The first-order valence-corrected chi connectivity index (χ1v) is 7.74. The number of piperidine rings is 1. The van der Waals surface area contributed by atoms with Crippen molar-refractivity contribution in [3.63, 3.8) is 0 Å². The lowest BCUT2D eigenvalue weighted by molar-refractivity contribution is -0.385. The van der Waals surface area contributed by atoms with Crippen molar-refractivity contribution in [2.75, 3.05) is 25.1 Å². The number of nitro groups is 1. The number of halogens is 1. The van der Waals surface area contributed by atoms with Gasteiger partial charge >= 0.3 is 0 Å². The highest BCUT2D eigenvalue weighted by atomic mass is 79.9. The molecule has 0 aliphatic carbocycles. The number of hydrogen-bond donors (Lipinski definition) is 0. The average Bonchev–Trinajstić information content (AvgIpc) is 2.46. The van der Waals surface area contributed by atoms with Gasteiger partial charge in [-0.3, -0.25) is 10.1 Å². The summed E-state index contributed by atoms with van der Waals surface area (Å²) in [5.74, 6) is 0. The molecule has 2 rings (SSSR count). The summed E-state index contributed by atoms with van der Waals surface area (Å²) in [6.45, 7) is 3.87. The van der Waals surface area contributed by atoms with Crippen molar-refractivity contribution in [3.8, 4) is 0 Å². The average molecular weight is 343 g/mol. The molecule has 1 aromatic rings. The van der Waals surface area contributed by atoms with Gasteiger partial charge in [0.15, 0.2) is 0 Å². The molecule has 6 heteroatoms.